The highest BCUT2D eigenvalue weighted by Gasteiger charge is 2.23. The fourth-order valence-corrected chi connectivity index (χ4v) is 3.54. The van der Waals surface area contributed by atoms with Gasteiger partial charge in [0.2, 0.25) is 0 Å². The zero-order valence-electron chi connectivity index (χ0n) is 13.8. The van der Waals surface area contributed by atoms with E-state index in [9.17, 15) is 9.46 Å². The van der Waals surface area contributed by atoms with E-state index in [1.807, 2.05) is 0 Å². The van der Waals surface area contributed by atoms with Crippen LogP contribution in [0.4, 0.5) is 0 Å². The molecule has 0 aliphatic rings. The van der Waals surface area contributed by atoms with Gasteiger partial charge in [0.1, 0.15) is 13.2 Å². The van der Waals surface area contributed by atoms with Gasteiger partial charge < -0.3 is 9.38 Å². The maximum Gasteiger partial charge on any atom is 0.472 e. The first-order valence-corrected chi connectivity index (χ1v) is 12.2. The van der Waals surface area contributed by atoms with Crippen molar-refractivity contribution >= 4 is 16.6 Å². The second-order valence-corrected chi connectivity index (χ2v) is 11.2. The van der Waals surface area contributed by atoms with Crippen LogP contribution in [-0.2, 0) is 13.6 Å². The van der Waals surface area contributed by atoms with Crippen LogP contribution in [0.25, 0.3) is 0 Å². The largest absolute Gasteiger partial charge is 0.472 e. The summed E-state index contributed by atoms with van der Waals surface area (Å²) in [4.78, 5) is 9.57. The summed E-state index contributed by atoms with van der Waals surface area (Å²) >= 11 is 0. The van der Waals surface area contributed by atoms with Gasteiger partial charge in [-0.15, -0.1) is 0 Å². The molecule has 0 aliphatic heterocycles. The molecule has 0 aliphatic carbocycles. The molecule has 0 radical (unpaired) electrons. The smallest absolute Gasteiger partial charge is 0.327 e. The summed E-state index contributed by atoms with van der Waals surface area (Å²) in [6.07, 6.45) is 3.15. The molecule has 0 rings (SSSR count). The normalized spacial score (nSPS) is 15.6. The second kappa shape index (κ2) is 10.1. The minimum Gasteiger partial charge on any atom is -0.327 e. The van der Waals surface area contributed by atoms with Crippen LogP contribution in [0, 0.1) is 0 Å². The third-order valence-electron chi connectivity index (χ3n) is 3.25. The molecule has 0 amide bonds. The number of rotatable bonds is 12. The van der Waals surface area contributed by atoms with E-state index in [4.69, 9.17) is 9.05 Å². The Labute approximate surface area is 126 Å². The molecule has 0 saturated carbocycles. The fourth-order valence-electron chi connectivity index (χ4n) is 1.81. The lowest BCUT2D eigenvalue weighted by molar-refractivity contribution is -0.890. The van der Waals surface area contributed by atoms with Gasteiger partial charge in [-0.25, -0.2) is 4.57 Å². The molecular formula is C13H33NO4PSi+. The van der Waals surface area contributed by atoms with Crippen molar-refractivity contribution in [2.45, 2.75) is 45.3 Å². The van der Waals surface area contributed by atoms with Gasteiger partial charge >= 0.3 is 7.82 Å². The summed E-state index contributed by atoms with van der Waals surface area (Å²) in [5, 5.41) is 0. The van der Waals surface area contributed by atoms with Crippen LogP contribution in [0.2, 0.25) is 19.1 Å². The van der Waals surface area contributed by atoms with E-state index < -0.39 is 16.6 Å². The number of nitrogens with zero attached hydrogens (tertiary/aromatic N) is 1. The Morgan fingerprint density at radius 1 is 1.10 bits per heavy atom. The molecule has 20 heavy (non-hydrogen) atoms. The topological polar surface area (TPSA) is 55.8 Å². The average molecular weight is 326 g/mol. The lowest BCUT2D eigenvalue weighted by Crippen LogP contribution is -2.42. The van der Waals surface area contributed by atoms with Gasteiger partial charge in [-0.1, -0.05) is 32.5 Å². The van der Waals surface area contributed by atoms with Crippen LogP contribution >= 0.6 is 7.82 Å². The molecule has 0 aromatic carbocycles. The number of hydrogen-bond acceptors (Lipinski definition) is 3. The summed E-state index contributed by atoms with van der Waals surface area (Å²) in [6.45, 7) is 9.00. The third-order valence-corrected chi connectivity index (χ3v) is 5.83. The summed E-state index contributed by atoms with van der Waals surface area (Å²) in [5.41, 5.74) is 0. The van der Waals surface area contributed by atoms with E-state index in [1.54, 1.807) is 0 Å². The first kappa shape index (κ1) is 20.3. The Morgan fingerprint density at radius 3 is 2.25 bits per heavy atom. The van der Waals surface area contributed by atoms with E-state index in [1.165, 1.54) is 0 Å². The van der Waals surface area contributed by atoms with Crippen LogP contribution in [0.3, 0.4) is 0 Å². The van der Waals surface area contributed by atoms with Gasteiger partial charge in [0.25, 0.3) is 0 Å². The summed E-state index contributed by atoms with van der Waals surface area (Å²) in [7, 11) is -0.253. The molecule has 1 N–H and O–H groups in total. The molecular weight excluding hydrogens is 293 g/mol. The van der Waals surface area contributed by atoms with Crippen LogP contribution < -0.4 is 0 Å². The van der Waals surface area contributed by atoms with E-state index in [0.29, 0.717) is 13.2 Å². The Kier molecular flexibility index (Phi) is 10.2. The van der Waals surface area contributed by atoms with Crippen molar-refractivity contribution in [2.24, 2.45) is 0 Å². The average Bonchev–Trinajstić information content (AvgIpc) is 2.31. The molecule has 7 heteroatoms. The Bertz CT molecular complexity index is 300. The van der Waals surface area contributed by atoms with E-state index in [-0.39, 0.29) is 6.61 Å². The van der Waals surface area contributed by atoms with Gasteiger partial charge in [0, 0.05) is 8.80 Å². The zero-order chi connectivity index (χ0) is 15.6. The minimum atomic E-state index is -3.86. The molecule has 0 bridgehead atoms. The first-order valence-electron chi connectivity index (χ1n) is 7.62. The molecule has 0 saturated heterocycles. The summed E-state index contributed by atoms with van der Waals surface area (Å²) < 4.78 is 22.5. The minimum absolute atomic E-state index is 0.253. The molecule has 0 heterocycles. The van der Waals surface area contributed by atoms with Crippen LogP contribution in [-0.4, -0.2) is 58.6 Å². The Balaban J connectivity index is 3.83. The Morgan fingerprint density at radius 2 is 1.70 bits per heavy atom. The van der Waals surface area contributed by atoms with Crippen molar-refractivity contribution in [3.8, 4) is 0 Å². The highest BCUT2D eigenvalue weighted by Crippen LogP contribution is 2.43. The second-order valence-electron chi connectivity index (χ2n) is 6.41. The van der Waals surface area contributed by atoms with Crippen molar-refractivity contribution in [1.29, 1.82) is 0 Å². The predicted octanol–water partition coefficient (Wildman–Crippen LogP) is 2.87. The summed E-state index contributed by atoms with van der Waals surface area (Å²) in [5.74, 6) is 0. The van der Waals surface area contributed by atoms with Crippen molar-refractivity contribution < 1.29 is 23.0 Å². The maximum atomic E-state index is 11.7. The molecule has 0 fully saturated rings. The van der Waals surface area contributed by atoms with Gasteiger partial charge in [-0.05, 0) is 12.8 Å². The fraction of sp³-hybridized carbons (Fsp3) is 1.00. The SMILES string of the molecule is CCCC[N+](C)(C)CCOP(=O)(O)OCCC[SiH](C)C. The van der Waals surface area contributed by atoms with Gasteiger partial charge in [0.05, 0.1) is 27.2 Å². The lowest BCUT2D eigenvalue weighted by atomic mass is 10.3. The molecule has 0 spiro atoms. The number of hydrogen-bond donors (Lipinski definition) is 1. The monoisotopic (exact) mass is 326 g/mol. The predicted molar refractivity (Wildman–Crippen MR) is 86.8 cm³/mol. The highest BCUT2D eigenvalue weighted by molar-refractivity contribution is 7.47. The van der Waals surface area contributed by atoms with Crippen molar-refractivity contribution in [1.82, 2.24) is 0 Å². The van der Waals surface area contributed by atoms with Crippen molar-refractivity contribution in [3.05, 3.63) is 0 Å². The number of phosphoric acid groups is 1. The highest BCUT2D eigenvalue weighted by atomic mass is 31.2. The Hall–Kier alpha value is 0.287. The van der Waals surface area contributed by atoms with Crippen LogP contribution in [0.1, 0.15) is 26.2 Å². The number of likely N-dealkylation sites (N-methyl/N-ethyl adjacent to an activating group) is 1. The third kappa shape index (κ3) is 12.1. The van der Waals surface area contributed by atoms with Crippen molar-refractivity contribution in [3.63, 3.8) is 0 Å². The summed E-state index contributed by atoms with van der Waals surface area (Å²) in [6, 6.07) is 1.13. The quantitative estimate of drug-likeness (QED) is 0.259. The van der Waals surface area contributed by atoms with Gasteiger partial charge in [-0.3, -0.25) is 9.05 Å². The maximum absolute atomic E-state index is 11.7. The molecule has 0 aromatic heterocycles. The van der Waals surface area contributed by atoms with Crippen molar-refractivity contribution in [2.75, 3.05) is 40.4 Å². The standard InChI is InChI=1S/C13H32NO4PSi/c1-6-7-9-14(2,3)10-12-18-19(15,16)17-11-8-13-20(4)5/h20H,6-13H2,1-5H3/p+1. The van der Waals surface area contributed by atoms with Crippen LogP contribution in [0.5, 0.6) is 0 Å². The molecule has 5 nitrogen and oxygen atoms in total. The van der Waals surface area contributed by atoms with Gasteiger partial charge in [0.15, 0.2) is 0 Å². The first-order chi connectivity index (χ1) is 9.18. The number of unbranched alkanes of at least 4 members (excludes halogenated alkanes) is 1. The molecule has 122 valence electrons. The van der Waals surface area contributed by atoms with Crippen LogP contribution in [0.15, 0.2) is 0 Å². The van der Waals surface area contributed by atoms with Gasteiger partial charge in [-0.2, -0.15) is 0 Å². The van der Waals surface area contributed by atoms with E-state index in [2.05, 4.69) is 34.1 Å². The number of quaternary nitrogens is 1. The molecule has 1 unspecified atom stereocenters. The zero-order valence-corrected chi connectivity index (χ0v) is 15.8. The lowest BCUT2D eigenvalue weighted by Gasteiger charge is -2.29. The number of phosphoric ester groups is 1. The molecule has 0 aromatic rings. The van der Waals surface area contributed by atoms with E-state index >= 15 is 0 Å². The van der Waals surface area contributed by atoms with E-state index in [0.717, 1.165) is 36.3 Å². The molecule has 1 atom stereocenters.